The second kappa shape index (κ2) is 6.82. The highest BCUT2D eigenvalue weighted by Gasteiger charge is 2.11. The lowest BCUT2D eigenvalue weighted by molar-refractivity contribution is -0.134. The van der Waals surface area contributed by atoms with E-state index < -0.39 is 5.97 Å². The van der Waals surface area contributed by atoms with Crippen molar-refractivity contribution in [3.05, 3.63) is 55.8 Å². The van der Waals surface area contributed by atoms with Gasteiger partial charge in [0.15, 0.2) is 0 Å². The lowest BCUT2D eigenvalue weighted by Crippen LogP contribution is -2.22. The molecule has 0 aliphatic heterocycles. The van der Waals surface area contributed by atoms with E-state index in [1.165, 1.54) is 22.2 Å². The maximum Gasteiger partial charge on any atom is 0.313 e. The average Bonchev–Trinajstić information content (AvgIpc) is 2.99. The SMILES string of the molecule is O=C(CCn1cnc2sccc2c1=O)Oc1ccc(Br)cc1Cl. The number of thiophene rings is 1. The minimum absolute atomic E-state index is 0.0453. The number of rotatable bonds is 4. The van der Waals surface area contributed by atoms with Crippen LogP contribution in [0.5, 0.6) is 5.75 Å². The third-order valence-corrected chi connectivity index (χ3v) is 4.73. The number of benzene rings is 1. The van der Waals surface area contributed by atoms with Crippen molar-refractivity contribution in [3.63, 3.8) is 0 Å². The van der Waals surface area contributed by atoms with Crippen LogP contribution in [0, 0.1) is 0 Å². The van der Waals surface area contributed by atoms with Crippen LogP contribution in [0.3, 0.4) is 0 Å². The average molecular weight is 414 g/mol. The Bertz CT molecular complexity index is 938. The number of aromatic nitrogens is 2. The molecule has 0 fully saturated rings. The third-order valence-electron chi connectivity index (χ3n) is 3.12. The Kier molecular flexibility index (Phi) is 4.79. The van der Waals surface area contributed by atoms with Gasteiger partial charge in [0.1, 0.15) is 10.6 Å². The van der Waals surface area contributed by atoms with E-state index in [-0.39, 0.29) is 18.5 Å². The Hall–Kier alpha value is -1.70. The molecule has 118 valence electrons. The molecule has 3 rings (SSSR count). The summed E-state index contributed by atoms with van der Waals surface area (Å²) in [7, 11) is 0. The van der Waals surface area contributed by atoms with Crippen LogP contribution in [0.15, 0.2) is 45.2 Å². The number of carbonyl (C=O) groups excluding carboxylic acids is 1. The topological polar surface area (TPSA) is 61.2 Å². The number of hydrogen-bond acceptors (Lipinski definition) is 5. The van der Waals surface area contributed by atoms with Crippen LogP contribution >= 0.6 is 38.9 Å². The number of fused-ring (bicyclic) bond motifs is 1. The van der Waals surface area contributed by atoms with Gasteiger partial charge in [-0.3, -0.25) is 14.2 Å². The van der Waals surface area contributed by atoms with Gasteiger partial charge in [0, 0.05) is 11.0 Å². The van der Waals surface area contributed by atoms with Crippen molar-refractivity contribution >= 4 is 55.1 Å². The van der Waals surface area contributed by atoms with Gasteiger partial charge in [0.05, 0.1) is 23.2 Å². The molecule has 2 aromatic heterocycles. The highest BCUT2D eigenvalue weighted by Crippen LogP contribution is 2.28. The van der Waals surface area contributed by atoms with Crippen molar-refractivity contribution in [2.24, 2.45) is 0 Å². The van der Waals surface area contributed by atoms with Gasteiger partial charge in [-0.25, -0.2) is 4.98 Å². The van der Waals surface area contributed by atoms with Gasteiger partial charge in [-0.1, -0.05) is 27.5 Å². The van der Waals surface area contributed by atoms with Crippen LogP contribution in [-0.4, -0.2) is 15.5 Å². The van der Waals surface area contributed by atoms with Crippen molar-refractivity contribution in [3.8, 4) is 5.75 Å². The van der Waals surface area contributed by atoms with Crippen LogP contribution in [0.2, 0.25) is 5.02 Å². The van der Waals surface area contributed by atoms with Crippen LogP contribution in [0.4, 0.5) is 0 Å². The zero-order chi connectivity index (χ0) is 16.4. The van der Waals surface area contributed by atoms with E-state index in [9.17, 15) is 9.59 Å². The molecule has 1 aromatic carbocycles. The Morgan fingerprint density at radius 3 is 3.00 bits per heavy atom. The predicted molar refractivity (Wildman–Crippen MR) is 93.3 cm³/mol. The van der Waals surface area contributed by atoms with Gasteiger partial charge in [-0.15, -0.1) is 11.3 Å². The molecule has 8 heteroatoms. The number of esters is 1. The molecule has 0 bridgehead atoms. The van der Waals surface area contributed by atoms with Crippen LogP contribution in [0.25, 0.3) is 10.2 Å². The first kappa shape index (κ1) is 16.2. The minimum Gasteiger partial charge on any atom is -0.425 e. The molecule has 5 nitrogen and oxygen atoms in total. The smallest absolute Gasteiger partial charge is 0.313 e. The second-order valence-corrected chi connectivity index (χ2v) is 6.90. The first-order valence-electron chi connectivity index (χ1n) is 6.63. The Morgan fingerprint density at radius 2 is 2.22 bits per heavy atom. The molecule has 0 unspecified atom stereocenters. The van der Waals surface area contributed by atoms with Gasteiger partial charge >= 0.3 is 5.97 Å². The summed E-state index contributed by atoms with van der Waals surface area (Å²) in [6.45, 7) is 0.199. The maximum atomic E-state index is 12.2. The normalized spacial score (nSPS) is 10.9. The lowest BCUT2D eigenvalue weighted by atomic mass is 10.3. The second-order valence-electron chi connectivity index (χ2n) is 4.68. The van der Waals surface area contributed by atoms with Crippen LogP contribution < -0.4 is 10.3 Å². The number of aryl methyl sites for hydroxylation is 1. The zero-order valence-electron chi connectivity index (χ0n) is 11.7. The summed E-state index contributed by atoms with van der Waals surface area (Å²) in [5.74, 6) is -0.176. The van der Waals surface area contributed by atoms with E-state index in [4.69, 9.17) is 16.3 Å². The first-order valence-corrected chi connectivity index (χ1v) is 8.68. The van der Waals surface area contributed by atoms with E-state index in [0.29, 0.717) is 21.0 Å². The quantitative estimate of drug-likeness (QED) is 0.481. The molecule has 0 saturated carbocycles. The van der Waals surface area contributed by atoms with Crippen molar-refractivity contribution < 1.29 is 9.53 Å². The predicted octanol–water partition coefficient (Wildman–Crippen LogP) is 3.87. The van der Waals surface area contributed by atoms with Gasteiger partial charge in [-0.2, -0.15) is 0 Å². The Labute approximate surface area is 148 Å². The van der Waals surface area contributed by atoms with E-state index in [2.05, 4.69) is 20.9 Å². The first-order chi connectivity index (χ1) is 11.0. The molecule has 0 aliphatic carbocycles. The third kappa shape index (κ3) is 3.63. The molecule has 0 saturated heterocycles. The number of halogens is 2. The molecule has 0 atom stereocenters. The van der Waals surface area contributed by atoms with Gasteiger partial charge in [0.25, 0.3) is 5.56 Å². The number of carbonyl (C=O) groups is 1. The number of hydrogen-bond donors (Lipinski definition) is 0. The van der Waals surface area contributed by atoms with Gasteiger partial charge in [0.2, 0.25) is 0 Å². The van der Waals surface area contributed by atoms with Gasteiger partial charge < -0.3 is 4.74 Å². The molecule has 2 heterocycles. The van der Waals surface area contributed by atoms with E-state index >= 15 is 0 Å². The molecule has 0 aliphatic rings. The van der Waals surface area contributed by atoms with Crippen molar-refractivity contribution in [1.29, 1.82) is 0 Å². The van der Waals surface area contributed by atoms with Crippen LogP contribution in [0.1, 0.15) is 6.42 Å². The highest BCUT2D eigenvalue weighted by molar-refractivity contribution is 9.10. The Balaban J connectivity index is 1.68. The molecule has 0 amide bonds. The largest absolute Gasteiger partial charge is 0.425 e. The molecule has 0 N–H and O–H groups in total. The zero-order valence-corrected chi connectivity index (χ0v) is 14.8. The molecule has 0 spiro atoms. The van der Waals surface area contributed by atoms with Crippen LogP contribution in [-0.2, 0) is 11.3 Å². The maximum absolute atomic E-state index is 12.2. The summed E-state index contributed by atoms with van der Waals surface area (Å²) < 4.78 is 7.41. The fourth-order valence-electron chi connectivity index (χ4n) is 2.00. The van der Waals surface area contributed by atoms with E-state index in [0.717, 1.165) is 4.47 Å². The van der Waals surface area contributed by atoms with E-state index in [1.54, 1.807) is 24.3 Å². The molecule has 0 radical (unpaired) electrons. The standard InChI is InChI=1S/C15H10BrClN2O3S/c16-9-1-2-12(11(17)7-9)22-13(20)3-5-19-8-18-14-10(15(19)21)4-6-23-14/h1-2,4,6-8H,3,5H2. The highest BCUT2D eigenvalue weighted by atomic mass is 79.9. The fourth-order valence-corrected chi connectivity index (χ4v) is 3.43. The van der Waals surface area contributed by atoms with Crippen molar-refractivity contribution in [2.75, 3.05) is 0 Å². The summed E-state index contributed by atoms with van der Waals surface area (Å²) in [6.07, 6.45) is 1.49. The summed E-state index contributed by atoms with van der Waals surface area (Å²) in [5.41, 5.74) is -0.161. The summed E-state index contributed by atoms with van der Waals surface area (Å²) >= 11 is 10.7. The monoisotopic (exact) mass is 412 g/mol. The summed E-state index contributed by atoms with van der Waals surface area (Å²) in [4.78, 5) is 29.0. The minimum atomic E-state index is -0.466. The lowest BCUT2D eigenvalue weighted by Gasteiger charge is -2.07. The molecule has 23 heavy (non-hydrogen) atoms. The van der Waals surface area contributed by atoms with Crippen molar-refractivity contribution in [1.82, 2.24) is 9.55 Å². The molecular formula is C15H10BrClN2O3S. The van der Waals surface area contributed by atoms with Gasteiger partial charge in [-0.05, 0) is 29.6 Å². The summed E-state index contributed by atoms with van der Waals surface area (Å²) in [6, 6.07) is 6.71. The number of nitrogens with zero attached hydrogens (tertiary/aromatic N) is 2. The van der Waals surface area contributed by atoms with Crippen molar-refractivity contribution in [2.45, 2.75) is 13.0 Å². The molecular weight excluding hydrogens is 404 g/mol. The number of ether oxygens (including phenoxy) is 1. The Morgan fingerprint density at radius 1 is 1.39 bits per heavy atom. The summed E-state index contributed by atoms with van der Waals surface area (Å²) in [5, 5.41) is 2.71. The fraction of sp³-hybridized carbons (Fsp3) is 0.133. The molecule has 3 aromatic rings. The van der Waals surface area contributed by atoms with E-state index in [1.807, 2.05) is 5.38 Å².